The van der Waals surface area contributed by atoms with E-state index in [4.69, 9.17) is 9.16 Å². The van der Waals surface area contributed by atoms with Crippen LogP contribution >= 0.6 is 0 Å². The second-order valence-corrected chi connectivity index (χ2v) is 37.1. The second-order valence-electron chi connectivity index (χ2n) is 32.3. The van der Waals surface area contributed by atoms with E-state index in [-0.39, 0.29) is 97.6 Å². The molecule has 12 atom stereocenters. The molecule has 2 aliphatic rings. The molecule has 97 heavy (non-hydrogen) atoms. The van der Waals surface area contributed by atoms with Crippen molar-refractivity contribution in [1.29, 1.82) is 0 Å². The first-order chi connectivity index (χ1) is 44.7. The Hall–Kier alpha value is -5.39. The summed E-state index contributed by atoms with van der Waals surface area (Å²) in [6, 6.07) is -7.92. The zero-order valence-electron chi connectivity index (χ0n) is 65.3. The molecule has 22 nitrogen and oxygen atoms in total. The van der Waals surface area contributed by atoms with E-state index in [0.717, 1.165) is 13.1 Å². The number of carbonyl (C=O) groups is 11. The highest BCUT2D eigenvalue weighted by Crippen LogP contribution is 2.40. The fourth-order valence-corrected chi connectivity index (χ4v) is 14.4. The van der Waals surface area contributed by atoms with Crippen molar-refractivity contribution in [3.05, 3.63) is 12.2 Å². The summed E-state index contributed by atoms with van der Waals surface area (Å²) in [6.45, 7) is 42.7. The maximum Gasteiger partial charge on any atom is 0.246 e. The van der Waals surface area contributed by atoms with E-state index in [1.165, 1.54) is 83.5 Å². The Balaban J connectivity index is 3.15. The minimum Gasteiger partial charge on any atom is -0.411 e. The molecule has 0 aromatic rings. The van der Waals surface area contributed by atoms with Crippen molar-refractivity contribution in [3.8, 4) is 0 Å². The van der Waals surface area contributed by atoms with Crippen molar-refractivity contribution in [2.75, 3.05) is 88.7 Å². The Morgan fingerprint density at radius 2 is 0.979 bits per heavy atom. The third-order valence-electron chi connectivity index (χ3n) is 20.4. The van der Waals surface area contributed by atoms with Gasteiger partial charge in [-0.25, -0.2) is 0 Å². The Bertz CT molecular complexity index is 2690. The van der Waals surface area contributed by atoms with Crippen LogP contribution in [0.2, 0.25) is 18.1 Å². The molecule has 2 heterocycles. The Labute approximate surface area is 586 Å². The molecule has 2 fully saturated rings. The first kappa shape index (κ1) is 87.7. The zero-order chi connectivity index (χ0) is 74.8. The molecule has 0 radical (unpaired) electrons. The summed E-state index contributed by atoms with van der Waals surface area (Å²) in [5, 5.41) is 2.41. The summed E-state index contributed by atoms with van der Waals surface area (Å²) in [6.07, 6.45) is 3.24. The topological polar surface area (TPSA) is 244 Å². The number of amides is 8. The average Bonchev–Trinajstić information content (AvgIpc) is 0.788. The predicted molar refractivity (Wildman–Crippen MR) is 385 cm³/mol. The minimum absolute atomic E-state index is 0.0677. The zero-order valence-corrected chi connectivity index (χ0v) is 66.3. The number of Topliss-reactive ketones (excluding diaryl/α,β-unsaturated/α-hetero) is 3. The molecule has 0 bridgehead atoms. The van der Waals surface area contributed by atoms with Crippen molar-refractivity contribution in [1.82, 2.24) is 44.5 Å². The molecular weight excluding hydrogens is 1250 g/mol. The van der Waals surface area contributed by atoms with Gasteiger partial charge in [0.1, 0.15) is 30.2 Å². The van der Waals surface area contributed by atoms with E-state index in [0.29, 0.717) is 19.8 Å². The molecule has 0 saturated carbocycles. The van der Waals surface area contributed by atoms with Crippen molar-refractivity contribution in [2.45, 2.75) is 249 Å². The Morgan fingerprint density at radius 3 is 1.44 bits per heavy atom. The molecule has 556 valence electrons. The summed E-state index contributed by atoms with van der Waals surface area (Å²) in [7, 11) is 7.78. The molecule has 0 aromatic carbocycles. The number of hydrogen-bond acceptors (Lipinski definition) is 14. The summed E-state index contributed by atoms with van der Waals surface area (Å²) in [4.78, 5) is 177. The number of ketones is 3. The normalized spacial score (nSPS) is 26.8. The van der Waals surface area contributed by atoms with Crippen LogP contribution in [-0.4, -0.2) is 249 Å². The summed E-state index contributed by atoms with van der Waals surface area (Å²) in [5.74, 6) is -10.3. The molecule has 0 spiro atoms. The third kappa shape index (κ3) is 25.0. The van der Waals surface area contributed by atoms with E-state index in [1.807, 2.05) is 102 Å². The van der Waals surface area contributed by atoms with Gasteiger partial charge in [0, 0.05) is 112 Å². The standard InChI is InChI=1S/C74H133N9O13Si/c1-29-54-42-62(86)65(66(96-97(27,28)74(17,18)19)51(14)31-30-32-83-33-35-95-36-34-83)82(26)73(94)64(50(12)13)81(25)72(93)59(40-48(8)9)80(24)71(92)58(39-47(6)7)79(23)68(89)53(16)75-67(88)52(15)41-60(84)57(38-46(4)5)78(22)70(91)55(49(10)11)43-61(85)56(37-45(2)3)77(21)63(87)44-76(20)69(54)90/h30-31,45-59,64-66H,29,32-44H2,1-28H3,(H,75,88)/b31-30+/t51-,52+,53+,54+,55-,56+,57-,58-,59-,64-,65+,66-/m1/s1. The van der Waals surface area contributed by atoms with Crippen LogP contribution in [0.5, 0.6) is 0 Å². The van der Waals surface area contributed by atoms with Gasteiger partial charge in [-0.15, -0.1) is 0 Å². The number of morpholine rings is 1. The van der Waals surface area contributed by atoms with Gasteiger partial charge in [-0.2, -0.15) is 0 Å². The predicted octanol–water partition coefficient (Wildman–Crippen LogP) is 8.49. The van der Waals surface area contributed by atoms with Crippen molar-refractivity contribution in [3.63, 3.8) is 0 Å². The van der Waals surface area contributed by atoms with Gasteiger partial charge in [0.15, 0.2) is 25.7 Å². The molecule has 23 heteroatoms. The quantitative estimate of drug-likeness (QED) is 0.0999. The SMILES string of the molecule is CC[C@H]1CC(=O)[C@@H]([C@H](O[Si](C)(C)C(C)(C)C)[C@H](C)/C=C/CN2CCOCC2)N(C)C(=O)[C@@H](C(C)C)N(C)C(=O)[C@@H](CC(C)C)N(C)C(=O)[C@@H](CC(C)C)N(C)C(=O)[C@H](C)NC(=O)[C@@H](C)CC(=O)[C@@H](CC(C)C)N(C)C(=O)[C@@H](C(C)C)CC(=O)[C@H](CC(C)C)N(C)C(=O)CN(C)C1=O. The van der Waals surface area contributed by atoms with Crippen molar-refractivity contribution in [2.24, 2.45) is 59.2 Å². The smallest absolute Gasteiger partial charge is 0.246 e. The molecule has 0 aromatic heterocycles. The van der Waals surface area contributed by atoms with Crippen LogP contribution < -0.4 is 5.32 Å². The maximum atomic E-state index is 16.0. The first-order valence-corrected chi connectivity index (χ1v) is 38.9. The lowest BCUT2D eigenvalue weighted by Crippen LogP contribution is -2.63. The van der Waals surface area contributed by atoms with Crippen molar-refractivity contribution >= 4 is 72.9 Å². The fourth-order valence-electron chi connectivity index (χ4n) is 13.0. The molecule has 8 amide bonds. The molecule has 0 unspecified atom stereocenters. The second kappa shape index (κ2) is 39.0. The largest absolute Gasteiger partial charge is 0.411 e. The van der Waals surface area contributed by atoms with E-state index < -0.39 is 146 Å². The van der Waals surface area contributed by atoms with Crippen LogP contribution in [0, 0.1) is 59.2 Å². The lowest BCUT2D eigenvalue weighted by atomic mass is 9.84. The lowest BCUT2D eigenvalue weighted by Gasteiger charge is -2.46. The van der Waals surface area contributed by atoms with Gasteiger partial charge in [-0.1, -0.05) is 137 Å². The number of carbonyl (C=O) groups excluding carboxylic acids is 11. The van der Waals surface area contributed by atoms with E-state index in [2.05, 4.69) is 44.1 Å². The highest BCUT2D eigenvalue weighted by molar-refractivity contribution is 6.74. The molecule has 1 N–H and O–H groups in total. The van der Waals surface area contributed by atoms with Gasteiger partial charge in [0.2, 0.25) is 47.3 Å². The van der Waals surface area contributed by atoms with Gasteiger partial charge in [-0.05, 0) is 92.7 Å². The highest BCUT2D eigenvalue weighted by Gasteiger charge is 2.49. The van der Waals surface area contributed by atoms with Gasteiger partial charge < -0.3 is 48.8 Å². The fraction of sp³-hybridized carbons (Fsp3) is 0.824. The van der Waals surface area contributed by atoms with Crippen LogP contribution in [0.4, 0.5) is 0 Å². The van der Waals surface area contributed by atoms with E-state index in [9.17, 15) is 33.6 Å². The van der Waals surface area contributed by atoms with Crippen LogP contribution in [0.3, 0.4) is 0 Å². The third-order valence-corrected chi connectivity index (χ3v) is 24.9. The van der Waals surface area contributed by atoms with Gasteiger partial charge in [0.25, 0.3) is 0 Å². The first-order valence-electron chi connectivity index (χ1n) is 36.0. The number of hydrogen-bond donors (Lipinski definition) is 1. The van der Waals surface area contributed by atoms with Crippen molar-refractivity contribution < 1.29 is 61.9 Å². The molecular formula is C74H133N9O13Si. The van der Waals surface area contributed by atoms with Crippen LogP contribution in [-0.2, 0) is 61.9 Å². The Morgan fingerprint density at radius 1 is 0.536 bits per heavy atom. The summed E-state index contributed by atoms with van der Waals surface area (Å²) in [5.41, 5.74) is 0. The van der Waals surface area contributed by atoms with Crippen LogP contribution in [0.25, 0.3) is 0 Å². The molecule has 2 aliphatic heterocycles. The van der Waals surface area contributed by atoms with Gasteiger partial charge >= 0.3 is 0 Å². The number of rotatable bonds is 18. The minimum atomic E-state index is -2.84. The molecule has 2 saturated heterocycles. The summed E-state index contributed by atoms with van der Waals surface area (Å²) >= 11 is 0. The van der Waals surface area contributed by atoms with Crippen LogP contribution in [0.1, 0.15) is 183 Å². The maximum absolute atomic E-state index is 16.0. The van der Waals surface area contributed by atoms with Gasteiger partial charge in [0.05, 0.1) is 37.9 Å². The number of ether oxygens (including phenoxy) is 1. The molecule has 2 rings (SSSR count). The number of likely N-dealkylation sites (N-methyl/N-ethyl adjacent to an activating group) is 7. The average molecular weight is 1390 g/mol. The number of nitrogens with one attached hydrogen (secondary N) is 1. The van der Waals surface area contributed by atoms with Crippen LogP contribution in [0.15, 0.2) is 12.2 Å². The van der Waals surface area contributed by atoms with E-state index >= 15 is 19.2 Å². The van der Waals surface area contributed by atoms with E-state index in [1.54, 1.807) is 20.9 Å². The van der Waals surface area contributed by atoms with Gasteiger partial charge in [-0.3, -0.25) is 57.6 Å². The summed E-state index contributed by atoms with van der Waals surface area (Å²) < 4.78 is 13.0. The number of nitrogens with zero attached hydrogens (tertiary/aromatic N) is 8. The Kier molecular flexibility index (Phi) is 35.2. The monoisotopic (exact) mass is 1380 g/mol. The highest BCUT2D eigenvalue weighted by atomic mass is 28.4. The lowest BCUT2D eigenvalue weighted by molar-refractivity contribution is -0.157. The molecule has 0 aliphatic carbocycles.